The minimum atomic E-state index is -0.730. The summed E-state index contributed by atoms with van der Waals surface area (Å²) in [6.45, 7) is 9.99. The highest BCUT2D eigenvalue weighted by molar-refractivity contribution is 6.05. The van der Waals surface area contributed by atoms with E-state index in [1.165, 1.54) is 50.6 Å². The third-order valence-corrected chi connectivity index (χ3v) is 6.95. The summed E-state index contributed by atoms with van der Waals surface area (Å²) in [5.74, 6) is -2.08. The van der Waals surface area contributed by atoms with Crippen LogP contribution in [0.4, 0.5) is 0 Å². The van der Waals surface area contributed by atoms with Crippen LogP contribution in [0.5, 0.6) is 0 Å². The highest BCUT2D eigenvalue weighted by Crippen LogP contribution is 2.20. The lowest BCUT2D eigenvalue weighted by Gasteiger charge is -2.26. The number of nitriles is 2. The molecule has 10 heteroatoms. The summed E-state index contributed by atoms with van der Waals surface area (Å²) >= 11 is 0. The molecule has 2 aromatic rings. The van der Waals surface area contributed by atoms with Crippen LogP contribution in [-0.4, -0.2) is 33.4 Å². The van der Waals surface area contributed by atoms with Crippen molar-refractivity contribution in [1.82, 2.24) is 20.9 Å². The number of hydrogen-bond acceptors (Lipinski definition) is 8. The van der Waals surface area contributed by atoms with E-state index in [4.69, 9.17) is 0 Å². The predicted molar refractivity (Wildman–Crippen MR) is 173 cm³/mol. The molecule has 2 amide bonds. The zero-order valence-corrected chi connectivity index (χ0v) is 26.5. The fraction of sp³-hybridized carbons (Fsp3) is 0.167. The Hall–Kier alpha value is -6.26. The minimum Gasteiger partial charge on any atom is -0.299 e. The molecule has 1 aliphatic heterocycles. The number of allylic oxidation sites excluding steroid dienone is 8. The lowest BCUT2D eigenvalue weighted by Crippen LogP contribution is -2.41. The number of hydrazine groups is 2. The molecular weight excluding hydrogens is 580 g/mol. The van der Waals surface area contributed by atoms with Gasteiger partial charge in [0.25, 0.3) is 11.8 Å². The van der Waals surface area contributed by atoms with Crippen LogP contribution in [0.25, 0.3) is 0 Å². The molecule has 10 nitrogen and oxygen atoms in total. The zero-order chi connectivity index (χ0) is 34.0. The third kappa shape index (κ3) is 8.43. The summed E-state index contributed by atoms with van der Waals surface area (Å²) in [4.78, 5) is 52.6. The van der Waals surface area contributed by atoms with Gasteiger partial charge in [-0.3, -0.25) is 30.0 Å². The summed E-state index contributed by atoms with van der Waals surface area (Å²) in [6, 6.07) is 17.9. The van der Waals surface area contributed by atoms with Gasteiger partial charge in [0, 0.05) is 47.1 Å². The van der Waals surface area contributed by atoms with Crippen LogP contribution in [0.1, 0.15) is 59.5 Å². The second kappa shape index (κ2) is 15.5. The number of hydrogen-bond donors (Lipinski definition) is 2. The fourth-order valence-electron chi connectivity index (χ4n) is 4.38. The Morgan fingerprint density at radius 1 is 0.609 bits per heavy atom. The van der Waals surface area contributed by atoms with E-state index in [1.54, 1.807) is 38.1 Å². The maximum absolute atomic E-state index is 13.7. The van der Waals surface area contributed by atoms with Gasteiger partial charge in [-0.25, -0.2) is 10.0 Å². The van der Waals surface area contributed by atoms with Gasteiger partial charge in [-0.05, 0) is 64.8 Å². The number of carbonyl (C=O) groups excluding carboxylic acids is 4. The van der Waals surface area contributed by atoms with Crippen molar-refractivity contribution in [1.29, 1.82) is 10.5 Å². The van der Waals surface area contributed by atoms with Crippen LogP contribution in [0.3, 0.4) is 0 Å². The summed E-state index contributed by atoms with van der Waals surface area (Å²) < 4.78 is 0. The Kier molecular flexibility index (Phi) is 11.5. The van der Waals surface area contributed by atoms with E-state index in [2.05, 4.69) is 10.9 Å². The molecular formula is C36H34N6O4. The lowest BCUT2D eigenvalue weighted by atomic mass is 10.1. The number of amides is 2. The molecule has 1 aliphatic rings. The lowest BCUT2D eigenvalue weighted by molar-refractivity contribution is -0.127. The van der Waals surface area contributed by atoms with Gasteiger partial charge in [0.1, 0.15) is 23.3 Å². The standard InChI is InChI=1S/C36H34N6O4/c1-23-7-11-29(12-8-23)33(43)15-17-39-41-27(5)19-25(3)32(22-38)36(46)42(28(6)20-26(4)31(21-37)35(41)45)40-18-16-34(44)30-13-9-24(2)10-14-30/h7-20,39-40H,1-6H3/b17-15-,18-16-,27-19+,28-20?,31-26-,32-25-. The molecule has 0 aliphatic carbocycles. The second-order valence-corrected chi connectivity index (χ2v) is 10.6. The van der Waals surface area contributed by atoms with E-state index in [0.717, 1.165) is 21.1 Å². The molecule has 0 fully saturated rings. The molecule has 0 atom stereocenters. The summed E-state index contributed by atoms with van der Waals surface area (Å²) in [5.41, 5.74) is 8.88. The number of benzene rings is 2. The third-order valence-electron chi connectivity index (χ3n) is 6.95. The van der Waals surface area contributed by atoms with Crippen molar-refractivity contribution in [2.45, 2.75) is 41.5 Å². The van der Waals surface area contributed by atoms with Crippen molar-refractivity contribution >= 4 is 23.4 Å². The van der Waals surface area contributed by atoms with E-state index in [-0.39, 0.29) is 45.3 Å². The van der Waals surface area contributed by atoms with E-state index >= 15 is 0 Å². The number of ketones is 2. The quantitative estimate of drug-likeness (QED) is 0.290. The Morgan fingerprint density at radius 2 is 0.935 bits per heavy atom. The highest BCUT2D eigenvalue weighted by atomic mass is 16.2. The number of aryl methyl sites for hydroxylation is 2. The van der Waals surface area contributed by atoms with Gasteiger partial charge in [-0.15, -0.1) is 0 Å². The summed E-state index contributed by atoms with van der Waals surface area (Å²) in [7, 11) is 0. The van der Waals surface area contributed by atoms with Gasteiger partial charge < -0.3 is 0 Å². The molecule has 3 rings (SSSR count). The normalized spacial score (nSPS) is 19.0. The van der Waals surface area contributed by atoms with Crippen molar-refractivity contribution in [3.63, 3.8) is 0 Å². The minimum absolute atomic E-state index is 0.225. The average molecular weight is 615 g/mol. The molecule has 1 heterocycles. The van der Waals surface area contributed by atoms with Crippen molar-refractivity contribution in [3.8, 4) is 12.1 Å². The molecule has 0 spiro atoms. The van der Waals surface area contributed by atoms with Crippen LogP contribution in [-0.2, 0) is 9.59 Å². The average Bonchev–Trinajstić information content (AvgIpc) is 3.01. The van der Waals surface area contributed by atoms with Gasteiger partial charge in [0.05, 0.1) is 0 Å². The zero-order valence-electron chi connectivity index (χ0n) is 26.5. The fourth-order valence-corrected chi connectivity index (χ4v) is 4.38. The Morgan fingerprint density at radius 3 is 1.24 bits per heavy atom. The Labute approximate surface area is 268 Å². The van der Waals surface area contributed by atoms with Crippen LogP contribution in [0, 0.1) is 36.5 Å². The highest BCUT2D eigenvalue weighted by Gasteiger charge is 2.26. The second-order valence-electron chi connectivity index (χ2n) is 10.6. The Balaban J connectivity index is 2.01. The van der Waals surface area contributed by atoms with Crippen LogP contribution >= 0.6 is 0 Å². The maximum Gasteiger partial charge on any atom is 0.287 e. The first-order valence-electron chi connectivity index (χ1n) is 14.2. The maximum atomic E-state index is 13.7. The molecule has 46 heavy (non-hydrogen) atoms. The first-order valence-corrected chi connectivity index (χ1v) is 14.2. The van der Waals surface area contributed by atoms with Crippen molar-refractivity contribution in [3.05, 3.63) is 141 Å². The van der Waals surface area contributed by atoms with Crippen molar-refractivity contribution < 1.29 is 19.2 Å². The molecule has 0 radical (unpaired) electrons. The number of carbonyl (C=O) groups is 4. The summed E-state index contributed by atoms with van der Waals surface area (Å²) in [6.07, 6.45) is 7.94. The van der Waals surface area contributed by atoms with Crippen LogP contribution in [0.2, 0.25) is 0 Å². The monoisotopic (exact) mass is 614 g/mol. The smallest absolute Gasteiger partial charge is 0.287 e. The first kappa shape index (κ1) is 34.2. The van der Waals surface area contributed by atoms with Crippen molar-refractivity contribution in [2.75, 3.05) is 0 Å². The van der Waals surface area contributed by atoms with Crippen LogP contribution < -0.4 is 10.9 Å². The molecule has 0 aromatic heterocycles. The van der Waals surface area contributed by atoms with Gasteiger partial charge in [-0.1, -0.05) is 59.7 Å². The predicted octanol–water partition coefficient (Wildman–Crippen LogP) is 5.56. The van der Waals surface area contributed by atoms with Crippen LogP contribution in [0.15, 0.2) is 119 Å². The molecule has 0 saturated carbocycles. The van der Waals surface area contributed by atoms with Gasteiger partial charge in [0.15, 0.2) is 11.6 Å². The molecule has 0 unspecified atom stereocenters. The topological polar surface area (TPSA) is 146 Å². The van der Waals surface area contributed by atoms with Gasteiger partial charge in [0.2, 0.25) is 0 Å². The number of nitrogens with zero attached hydrogens (tertiary/aromatic N) is 4. The van der Waals surface area contributed by atoms with E-state index < -0.39 is 11.8 Å². The number of nitrogens with one attached hydrogen (secondary N) is 2. The summed E-state index contributed by atoms with van der Waals surface area (Å²) in [5, 5.41) is 22.1. The van der Waals surface area contributed by atoms with Gasteiger partial charge >= 0.3 is 0 Å². The van der Waals surface area contributed by atoms with Gasteiger partial charge in [-0.2, -0.15) is 10.5 Å². The molecule has 2 N–H and O–H groups in total. The first-order chi connectivity index (χ1) is 21.9. The molecule has 0 saturated heterocycles. The van der Waals surface area contributed by atoms with E-state index in [1.807, 2.05) is 50.3 Å². The molecule has 232 valence electrons. The number of rotatable bonds is 8. The van der Waals surface area contributed by atoms with E-state index in [9.17, 15) is 29.7 Å². The van der Waals surface area contributed by atoms with Crippen molar-refractivity contribution in [2.24, 2.45) is 0 Å². The SMILES string of the molecule is CC1=C/C(C)=C(/C#N)C(=O)N(N/C=C\C(=O)c2ccc(C)cc2)/C(C)=C/C(C)=C(/C#N)C(=O)N1N/C=C\C(=O)c1ccc(C)cc1. The van der Waals surface area contributed by atoms with E-state index in [0.29, 0.717) is 11.1 Å². The molecule has 2 aromatic carbocycles. The molecule has 0 bridgehead atoms. The largest absolute Gasteiger partial charge is 0.299 e. The Bertz CT molecular complexity index is 1690.